The number of fused-ring (bicyclic) bond motifs is 1. The van der Waals surface area contributed by atoms with Crippen molar-refractivity contribution in [3.63, 3.8) is 0 Å². The Hall–Kier alpha value is -2.30. The van der Waals surface area contributed by atoms with Gasteiger partial charge in [-0.1, -0.05) is 32.0 Å². The predicted molar refractivity (Wildman–Crippen MR) is 92.1 cm³/mol. The summed E-state index contributed by atoms with van der Waals surface area (Å²) in [4.78, 5) is 26.6. The van der Waals surface area contributed by atoms with E-state index in [-0.39, 0.29) is 18.2 Å². The zero-order valence-electron chi connectivity index (χ0n) is 13.8. The van der Waals surface area contributed by atoms with E-state index in [0.29, 0.717) is 19.0 Å². The average molecular weight is 315 g/mol. The Morgan fingerprint density at radius 2 is 1.78 bits per heavy atom. The van der Waals surface area contributed by atoms with Gasteiger partial charge in [0.15, 0.2) is 0 Å². The number of aromatic amines is 1. The van der Waals surface area contributed by atoms with Crippen molar-refractivity contribution in [2.75, 3.05) is 13.1 Å². The molecule has 0 spiro atoms. The number of rotatable bonds is 8. The van der Waals surface area contributed by atoms with E-state index in [1.165, 1.54) is 10.9 Å². The zero-order chi connectivity index (χ0) is 16.7. The lowest BCUT2D eigenvalue weighted by Gasteiger charge is -2.08. The molecule has 2 rings (SSSR count). The normalized spacial score (nSPS) is 10.9. The summed E-state index contributed by atoms with van der Waals surface area (Å²) in [6.45, 7) is 5.35. The second-order valence-corrected chi connectivity index (χ2v) is 6.17. The molecule has 1 aromatic heterocycles. The maximum Gasteiger partial charge on any atom is 0.229 e. The summed E-state index contributed by atoms with van der Waals surface area (Å²) in [7, 11) is 0. The Kier molecular flexibility index (Phi) is 6.20. The number of hydrogen-bond acceptors (Lipinski definition) is 2. The summed E-state index contributed by atoms with van der Waals surface area (Å²) >= 11 is 0. The van der Waals surface area contributed by atoms with Gasteiger partial charge in [0.1, 0.15) is 6.42 Å². The van der Waals surface area contributed by atoms with Gasteiger partial charge in [-0.15, -0.1) is 0 Å². The highest BCUT2D eigenvalue weighted by molar-refractivity contribution is 5.96. The highest BCUT2D eigenvalue weighted by Crippen LogP contribution is 2.17. The average Bonchev–Trinajstić information content (AvgIpc) is 2.90. The molecule has 2 aromatic rings. The van der Waals surface area contributed by atoms with Crippen LogP contribution in [0.25, 0.3) is 10.9 Å². The van der Waals surface area contributed by atoms with Crippen molar-refractivity contribution in [3.8, 4) is 0 Å². The van der Waals surface area contributed by atoms with E-state index in [1.54, 1.807) is 0 Å². The number of amides is 2. The fourth-order valence-electron chi connectivity index (χ4n) is 2.45. The third-order valence-electron chi connectivity index (χ3n) is 3.76. The number of benzene rings is 1. The van der Waals surface area contributed by atoms with E-state index in [2.05, 4.69) is 35.5 Å². The van der Waals surface area contributed by atoms with Crippen molar-refractivity contribution in [1.82, 2.24) is 15.6 Å². The molecular formula is C18H25N3O2. The van der Waals surface area contributed by atoms with Gasteiger partial charge >= 0.3 is 0 Å². The second-order valence-electron chi connectivity index (χ2n) is 6.17. The number of carbonyl (C=O) groups is 2. The van der Waals surface area contributed by atoms with E-state index >= 15 is 0 Å². The number of hydrogen-bond donors (Lipinski definition) is 3. The molecule has 5 heteroatoms. The first-order valence-corrected chi connectivity index (χ1v) is 8.14. The largest absolute Gasteiger partial charge is 0.361 e. The number of nitrogens with one attached hydrogen (secondary N) is 3. The van der Waals surface area contributed by atoms with E-state index in [0.717, 1.165) is 18.4 Å². The van der Waals surface area contributed by atoms with Gasteiger partial charge in [0.05, 0.1) is 0 Å². The van der Waals surface area contributed by atoms with Crippen molar-refractivity contribution < 1.29 is 9.59 Å². The van der Waals surface area contributed by atoms with Crippen molar-refractivity contribution >= 4 is 22.7 Å². The summed E-state index contributed by atoms with van der Waals surface area (Å²) in [6, 6.07) is 8.08. The van der Waals surface area contributed by atoms with Crippen LogP contribution in [0.15, 0.2) is 30.5 Å². The Bertz CT molecular complexity index is 661. The van der Waals surface area contributed by atoms with Gasteiger partial charge < -0.3 is 15.6 Å². The van der Waals surface area contributed by atoms with E-state index in [4.69, 9.17) is 0 Å². The quantitative estimate of drug-likeness (QED) is 0.654. The van der Waals surface area contributed by atoms with Crippen molar-refractivity contribution in [1.29, 1.82) is 0 Å². The van der Waals surface area contributed by atoms with E-state index in [1.807, 2.05) is 24.4 Å². The Labute approximate surface area is 136 Å². The number of aromatic nitrogens is 1. The lowest BCUT2D eigenvalue weighted by Crippen LogP contribution is -2.33. The van der Waals surface area contributed by atoms with Crippen LogP contribution in [0.5, 0.6) is 0 Å². The Balaban J connectivity index is 1.69. The lowest BCUT2D eigenvalue weighted by molar-refractivity contribution is -0.129. The topological polar surface area (TPSA) is 74.0 Å². The Morgan fingerprint density at radius 3 is 2.52 bits per heavy atom. The Morgan fingerprint density at radius 1 is 1.09 bits per heavy atom. The first kappa shape index (κ1) is 17.1. The molecule has 5 nitrogen and oxygen atoms in total. The minimum absolute atomic E-state index is 0.105. The first-order chi connectivity index (χ1) is 11.1. The number of H-pyrrole nitrogens is 1. The van der Waals surface area contributed by atoms with E-state index < -0.39 is 0 Å². The monoisotopic (exact) mass is 315 g/mol. The lowest BCUT2D eigenvalue weighted by atomic mass is 10.1. The molecule has 0 aliphatic carbocycles. The molecule has 0 aliphatic rings. The first-order valence-electron chi connectivity index (χ1n) is 8.14. The molecule has 0 fully saturated rings. The maximum atomic E-state index is 11.8. The fourth-order valence-corrected chi connectivity index (χ4v) is 2.45. The van der Waals surface area contributed by atoms with Crippen LogP contribution < -0.4 is 10.6 Å². The van der Waals surface area contributed by atoms with Crippen LogP contribution in [0.2, 0.25) is 0 Å². The highest BCUT2D eigenvalue weighted by Gasteiger charge is 2.09. The highest BCUT2D eigenvalue weighted by atomic mass is 16.2. The second kappa shape index (κ2) is 8.36. The molecule has 0 aliphatic heterocycles. The molecule has 0 saturated heterocycles. The molecule has 0 radical (unpaired) electrons. The van der Waals surface area contributed by atoms with Crippen molar-refractivity contribution in [2.24, 2.45) is 5.92 Å². The van der Waals surface area contributed by atoms with Crippen molar-refractivity contribution in [2.45, 2.75) is 33.1 Å². The van der Waals surface area contributed by atoms with Gasteiger partial charge in [-0.3, -0.25) is 9.59 Å². The summed E-state index contributed by atoms with van der Waals surface area (Å²) in [5, 5.41) is 6.74. The van der Waals surface area contributed by atoms with Gasteiger partial charge in [0.25, 0.3) is 0 Å². The van der Waals surface area contributed by atoms with Gasteiger partial charge in [-0.05, 0) is 30.4 Å². The van der Waals surface area contributed by atoms with Crippen LogP contribution in [0, 0.1) is 5.92 Å². The molecule has 0 unspecified atom stereocenters. The molecule has 23 heavy (non-hydrogen) atoms. The molecule has 124 valence electrons. The van der Waals surface area contributed by atoms with Crippen LogP contribution in [-0.2, 0) is 16.0 Å². The van der Waals surface area contributed by atoms with Crippen LogP contribution >= 0.6 is 0 Å². The molecule has 0 atom stereocenters. The fraction of sp³-hybridized carbons (Fsp3) is 0.444. The predicted octanol–water partition coefficient (Wildman–Crippen LogP) is 2.38. The van der Waals surface area contributed by atoms with Gasteiger partial charge in [-0.25, -0.2) is 0 Å². The smallest absolute Gasteiger partial charge is 0.229 e. The van der Waals surface area contributed by atoms with Crippen LogP contribution in [0.4, 0.5) is 0 Å². The van der Waals surface area contributed by atoms with Gasteiger partial charge in [-0.2, -0.15) is 0 Å². The van der Waals surface area contributed by atoms with Gasteiger partial charge in [0.2, 0.25) is 11.8 Å². The molecule has 0 saturated carbocycles. The standard InChI is InChI=1S/C18H25N3O2/c1-13(2)7-9-19-17(22)11-18(23)20-10-8-14-12-21-16-6-4-3-5-15(14)16/h3-6,12-13,21H,7-11H2,1-2H3,(H,19,22)(H,20,23). The number of para-hydroxylation sites is 1. The van der Waals surface area contributed by atoms with Crippen LogP contribution in [0.1, 0.15) is 32.3 Å². The summed E-state index contributed by atoms with van der Waals surface area (Å²) < 4.78 is 0. The number of carbonyl (C=O) groups excluding carboxylic acids is 2. The minimum Gasteiger partial charge on any atom is -0.361 e. The zero-order valence-corrected chi connectivity index (χ0v) is 13.8. The minimum atomic E-state index is -0.230. The summed E-state index contributed by atoms with van der Waals surface area (Å²) in [5.74, 6) is 0.0995. The molecular weight excluding hydrogens is 290 g/mol. The summed E-state index contributed by atoms with van der Waals surface area (Å²) in [6.07, 6.45) is 3.53. The maximum absolute atomic E-state index is 11.8. The van der Waals surface area contributed by atoms with Gasteiger partial charge in [0, 0.05) is 30.2 Å². The molecule has 3 N–H and O–H groups in total. The molecule has 2 amide bonds. The van der Waals surface area contributed by atoms with Crippen LogP contribution in [-0.4, -0.2) is 29.9 Å². The van der Waals surface area contributed by atoms with Crippen LogP contribution in [0.3, 0.4) is 0 Å². The SMILES string of the molecule is CC(C)CCNC(=O)CC(=O)NCCc1c[nH]c2ccccc12. The molecule has 1 aromatic carbocycles. The van der Waals surface area contributed by atoms with E-state index in [9.17, 15) is 9.59 Å². The third-order valence-corrected chi connectivity index (χ3v) is 3.76. The third kappa shape index (κ3) is 5.43. The summed E-state index contributed by atoms with van der Waals surface area (Å²) in [5.41, 5.74) is 2.26. The van der Waals surface area contributed by atoms with Crippen molar-refractivity contribution in [3.05, 3.63) is 36.0 Å². The molecule has 1 heterocycles. The molecule has 0 bridgehead atoms.